The Morgan fingerprint density at radius 3 is 2.03 bits per heavy atom. The van der Waals surface area contributed by atoms with Crippen LogP contribution in [0.15, 0.2) is 12.2 Å². The SMILES string of the molecule is C=C(C)C1CCC2(C)CCC3C(CCC4C3(C)CCC3C(C)(C)C(O)CCC34C)C12C. The van der Waals surface area contributed by atoms with Gasteiger partial charge >= 0.3 is 0 Å². The van der Waals surface area contributed by atoms with E-state index in [2.05, 4.69) is 55.0 Å². The van der Waals surface area contributed by atoms with Crippen LogP contribution in [0.3, 0.4) is 0 Å². The molecule has 176 valence electrons. The minimum absolute atomic E-state index is 0.0682. The van der Waals surface area contributed by atoms with Crippen LogP contribution in [0, 0.1) is 56.7 Å². The number of hydrogen-bond donors (Lipinski definition) is 1. The molecule has 0 aromatic rings. The summed E-state index contributed by atoms with van der Waals surface area (Å²) in [6, 6.07) is 0. The molecule has 5 fully saturated rings. The standard InChI is InChI=1S/C30H50O/c1-19(2)20-11-15-27(5)16-12-21-22(30(20,27)8)9-10-24-28(21,6)17-13-23-26(3,4)25(31)14-18-29(23,24)7/h20-25,31H,1,9-18H2,2-8H3. The highest BCUT2D eigenvalue weighted by Gasteiger charge is 2.69. The molecule has 0 aromatic heterocycles. The molecule has 5 aliphatic rings. The Kier molecular flexibility index (Phi) is 4.82. The van der Waals surface area contributed by atoms with Crippen LogP contribution in [0.25, 0.3) is 0 Å². The Morgan fingerprint density at radius 1 is 0.710 bits per heavy atom. The smallest absolute Gasteiger partial charge is 0.0594 e. The minimum Gasteiger partial charge on any atom is -0.393 e. The van der Waals surface area contributed by atoms with E-state index in [9.17, 15) is 5.11 Å². The summed E-state index contributed by atoms with van der Waals surface area (Å²) in [6.45, 7) is 22.3. The van der Waals surface area contributed by atoms with Gasteiger partial charge in [-0.05, 0) is 128 Å². The van der Waals surface area contributed by atoms with Crippen LogP contribution in [0.2, 0.25) is 0 Å². The van der Waals surface area contributed by atoms with Crippen molar-refractivity contribution in [2.75, 3.05) is 0 Å². The van der Waals surface area contributed by atoms with E-state index in [1.165, 1.54) is 63.4 Å². The van der Waals surface area contributed by atoms with E-state index in [0.717, 1.165) is 30.1 Å². The Morgan fingerprint density at radius 2 is 1.35 bits per heavy atom. The van der Waals surface area contributed by atoms with E-state index < -0.39 is 0 Å². The second-order valence-electron chi connectivity index (χ2n) is 14.6. The highest BCUT2D eigenvalue weighted by atomic mass is 16.3. The Balaban J connectivity index is 1.53. The summed E-state index contributed by atoms with van der Waals surface area (Å²) < 4.78 is 0. The molecule has 0 saturated heterocycles. The first-order chi connectivity index (χ1) is 14.3. The Labute approximate surface area is 192 Å². The average Bonchev–Trinajstić information content (AvgIpc) is 2.96. The van der Waals surface area contributed by atoms with Crippen molar-refractivity contribution in [3.63, 3.8) is 0 Å². The fraction of sp³-hybridized carbons (Fsp3) is 0.933. The molecular weight excluding hydrogens is 376 g/mol. The molecule has 1 heteroatoms. The van der Waals surface area contributed by atoms with Gasteiger partial charge in [0.05, 0.1) is 6.10 Å². The van der Waals surface area contributed by atoms with Gasteiger partial charge in [0, 0.05) is 0 Å². The lowest BCUT2D eigenvalue weighted by molar-refractivity contribution is -0.227. The molecule has 0 spiro atoms. The van der Waals surface area contributed by atoms with Crippen molar-refractivity contribution in [3.05, 3.63) is 12.2 Å². The van der Waals surface area contributed by atoms with Crippen LogP contribution in [0.4, 0.5) is 0 Å². The highest BCUT2D eigenvalue weighted by molar-refractivity contribution is 5.21. The van der Waals surface area contributed by atoms with E-state index >= 15 is 0 Å². The molecule has 0 heterocycles. The first-order valence-corrected chi connectivity index (χ1v) is 13.7. The maximum Gasteiger partial charge on any atom is 0.0594 e. The van der Waals surface area contributed by atoms with Gasteiger partial charge in [0.1, 0.15) is 0 Å². The van der Waals surface area contributed by atoms with Gasteiger partial charge in [0.2, 0.25) is 0 Å². The summed E-state index contributed by atoms with van der Waals surface area (Å²) in [4.78, 5) is 0. The third-order valence-electron chi connectivity index (χ3n) is 13.6. The molecule has 0 aromatic carbocycles. The molecule has 0 amide bonds. The number of aliphatic hydroxyl groups excluding tert-OH is 1. The monoisotopic (exact) mass is 426 g/mol. The lowest BCUT2D eigenvalue weighted by Crippen LogP contribution is -2.64. The molecule has 5 saturated carbocycles. The van der Waals surface area contributed by atoms with Crippen LogP contribution < -0.4 is 0 Å². The third-order valence-corrected chi connectivity index (χ3v) is 13.6. The van der Waals surface area contributed by atoms with E-state index in [1.807, 2.05) is 0 Å². The molecular formula is C30H50O. The summed E-state index contributed by atoms with van der Waals surface area (Å²) in [5, 5.41) is 10.9. The lowest BCUT2D eigenvalue weighted by atomic mass is 9.34. The third kappa shape index (κ3) is 2.60. The number of allylic oxidation sites excluding steroid dienone is 1. The summed E-state index contributed by atoms with van der Waals surface area (Å²) >= 11 is 0. The van der Waals surface area contributed by atoms with E-state index in [0.29, 0.717) is 27.6 Å². The van der Waals surface area contributed by atoms with Gasteiger partial charge in [-0.25, -0.2) is 0 Å². The predicted molar refractivity (Wildman–Crippen MR) is 131 cm³/mol. The summed E-state index contributed by atoms with van der Waals surface area (Å²) in [6.07, 6.45) is 13.4. The molecule has 1 N–H and O–H groups in total. The van der Waals surface area contributed by atoms with Crippen LogP contribution in [0.1, 0.15) is 113 Å². The zero-order valence-electron chi connectivity index (χ0n) is 21.7. The van der Waals surface area contributed by atoms with Crippen LogP contribution >= 0.6 is 0 Å². The first-order valence-electron chi connectivity index (χ1n) is 13.7. The van der Waals surface area contributed by atoms with Crippen molar-refractivity contribution >= 4 is 0 Å². The summed E-state index contributed by atoms with van der Waals surface area (Å²) in [7, 11) is 0. The molecule has 1 nitrogen and oxygen atoms in total. The zero-order valence-corrected chi connectivity index (χ0v) is 21.7. The van der Waals surface area contributed by atoms with E-state index in [-0.39, 0.29) is 11.5 Å². The van der Waals surface area contributed by atoms with Gasteiger partial charge in [-0.2, -0.15) is 0 Å². The fourth-order valence-corrected chi connectivity index (χ4v) is 11.7. The second kappa shape index (κ2) is 6.64. The average molecular weight is 427 g/mol. The van der Waals surface area contributed by atoms with Crippen molar-refractivity contribution in [3.8, 4) is 0 Å². The summed E-state index contributed by atoms with van der Waals surface area (Å²) in [5.41, 5.74) is 3.37. The minimum atomic E-state index is -0.115. The number of hydrogen-bond acceptors (Lipinski definition) is 1. The van der Waals surface area contributed by atoms with Gasteiger partial charge in [0.15, 0.2) is 0 Å². The lowest BCUT2D eigenvalue weighted by Gasteiger charge is -2.71. The normalized spacial score (nSPS) is 57.9. The van der Waals surface area contributed by atoms with Crippen molar-refractivity contribution in [1.82, 2.24) is 0 Å². The van der Waals surface area contributed by atoms with Gasteiger partial charge in [0.25, 0.3) is 0 Å². The highest BCUT2D eigenvalue weighted by Crippen LogP contribution is 2.76. The first kappa shape index (κ1) is 22.5. The molecule has 31 heavy (non-hydrogen) atoms. The Hall–Kier alpha value is -0.300. The second-order valence-corrected chi connectivity index (χ2v) is 14.6. The van der Waals surface area contributed by atoms with Crippen molar-refractivity contribution < 1.29 is 5.11 Å². The number of rotatable bonds is 1. The van der Waals surface area contributed by atoms with Crippen molar-refractivity contribution in [2.45, 2.75) is 119 Å². The van der Waals surface area contributed by atoms with Crippen LogP contribution in [-0.4, -0.2) is 11.2 Å². The molecule has 5 aliphatic carbocycles. The van der Waals surface area contributed by atoms with Crippen LogP contribution in [0.5, 0.6) is 0 Å². The fourth-order valence-electron chi connectivity index (χ4n) is 11.7. The molecule has 5 rings (SSSR count). The number of fused-ring (bicyclic) bond motifs is 7. The van der Waals surface area contributed by atoms with E-state index in [4.69, 9.17) is 0 Å². The van der Waals surface area contributed by atoms with Gasteiger partial charge < -0.3 is 5.11 Å². The van der Waals surface area contributed by atoms with Crippen molar-refractivity contribution in [2.24, 2.45) is 56.7 Å². The molecule has 0 bridgehead atoms. The van der Waals surface area contributed by atoms with Gasteiger partial charge in [-0.3, -0.25) is 0 Å². The largest absolute Gasteiger partial charge is 0.393 e. The Bertz CT molecular complexity index is 766. The van der Waals surface area contributed by atoms with Crippen molar-refractivity contribution in [1.29, 1.82) is 0 Å². The predicted octanol–water partition coefficient (Wildman–Crippen LogP) is 8.02. The number of aliphatic hydroxyl groups is 1. The molecule has 10 atom stereocenters. The van der Waals surface area contributed by atoms with Gasteiger partial charge in [-0.1, -0.05) is 53.7 Å². The summed E-state index contributed by atoms with van der Waals surface area (Å²) in [5.74, 6) is 4.00. The van der Waals surface area contributed by atoms with Crippen LogP contribution in [-0.2, 0) is 0 Å². The van der Waals surface area contributed by atoms with E-state index in [1.54, 1.807) is 0 Å². The molecule has 10 unspecified atom stereocenters. The quantitative estimate of drug-likeness (QED) is 0.421. The maximum atomic E-state index is 10.9. The maximum absolute atomic E-state index is 10.9. The molecule has 0 radical (unpaired) electrons. The van der Waals surface area contributed by atoms with Gasteiger partial charge in [-0.15, -0.1) is 0 Å². The zero-order chi connectivity index (χ0) is 22.6. The molecule has 0 aliphatic heterocycles. The topological polar surface area (TPSA) is 20.2 Å².